The maximum Gasteiger partial charge on any atom is 0.320 e. The van der Waals surface area contributed by atoms with Crippen LogP contribution in [-0.4, -0.2) is 59.8 Å². The molecule has 0 aliphatic carbocycles. The Morgan fingerprint density at radius 2 is 1.17 bits per heavy atom. The van der Waals surface area contributed by atoms with Gasteiger partial charge in [-0.2, -0.15) is 0 Å². The average Bonchev–Trinajstić information content (AvgIpc) is 2.20. The van der Waals surface area contributed by atoms with E-state index in [1.807, 2.05) is 41.5 Å². The van der Waals surface area contributed by atoms with Crippen LogP contribution in [0.25, 0.3) is 0 Å². The lowest BCUT2D eigenvalue weighted by Crippen LogP contribution is -2.45. The fourth-order valence-corrected chi connectivity index (χ4v) is 1.92. The van der Waals surface area contributed by atoms with E-state index in [-0.39, 0.29) is 30.6 Å². The van der Waals surface area contributed by atoms with E-state index in [4.69, 9.17) is 9.47 Å². The van der Waals surface area contributed by atoms with E-state index < -0.39 is 11.2 Å². The zero-order valence-corrected chi connectivity index (χ0v) is 16.9. The van der Waals surface area contributed by atoms with Gasteiger partial charge in [0.05, 0.1) is 13.1 Å². The van der Waals surface area contributed by atoms with Crippen molar-refractivity contribution in [1.82, 2.24) is 10.2 Å². The molecule has 0 unspecified atom stereocenters. The molecule has 0 saturated carbocycles. The Morgan fingerprint density at radius 3 is 1.46 bits per heavy atom. The van der Waals surface area contributed by atoms with Gasteiger partial charge in [0, 0.05) is 18.6 Å². The second-order valence-corrected chi connectivity index (χ2v) is 9.06. The third-order valence-electron chi connectivity index (χ3n) is 2.63. The lowest BCUT2D eigenvalue weighted by atomic mass is 10.1. The Morgan fingerprint density at radius 1 is 0.792 bits per heavy atom. The molecule has 0 aliphatic rings. The largest absolute Gasteiger partial charge is 0.459 e. The van der Waals surface area contributed by atoms with Gasteiger partial charge in [-0.05, 0) is 62.3 Å². The molecule has 0 atom stereocenters. The Balaban J connectivity index is 4.70. The van der Waals surface area contributed by atoms with Crippen LogP contribution in [0.1, 0.15) is 62.3 Å². The van der Waals surface area contributed by atoms with E-state index in [9.17, 15) is 9.59 Å². The van der Waals surface area contributed by atoms with Gasteiger partial charge in [-0.15, -0.1) is 0 Å². The summed E-state index contributed by atoms with van der Waals surface area (Å²) in [4.78, 5) is 25.9. The van der Waals surface area contributed by atoms with Gasteiger partial charge in [0.2, 0.25) is 0 Å². The zero-order valence-electron chi connectivity index (χ0n) is 16.9. The molecule has 1 N–H and O–H groups in total. The highest BCUT2D eigenvalue weighted by molar-refractivity contribution is 5.75. The van der Waals surface area contributed by atoms with Gasteiger partial charge in [-0.25, -0.2) is 0 Å². The third kappa shape index (κ3) is 14.5. The van der Waals surface area contributed by atoms with Crippen LogP contribution in [0.3, 0.4) is 0 Å². The first-order valence-corrected chi connectivity index (χ1v) is 8.48. The Hall–Kier alpha value is -1.14. The highest BCUT2D eigenvalue weighted by atomic mass is 16.6. The van der Waals surface area contributed by atoms with Crippen molar-refractivity contribution in [3.8, 4) is 0 Å². The van der Waals surface area contributed by atoms with Gasteiger partial charge < -0.3 is 14.8 Å². The van der Waals surface area contributed by atoms with Crippen LogP contribution in [0.15, 0.2) is 0 Å². The molecule has 0 fully saturated rings. The minimum absolute atomic E-state index is 0.0243. The minimum Gasteiger partial charge on any atom is -0.459 e. The molecule has 0 saturated heterocycles. The number of nitrogens with one attached hydrogen (secondary N) is 1. The van der Waals surface area contributed by atoms with Crippen LogP contribution in [-0.2, 0) is 19.1 Å². The molecule has 0 radical (unpaired) electrons. The number of carbonyl (C=O) groups is 2. The zero-order chi connectivity index (χ0) is 19.2. The number of carbonyl (C=O) groups excluding carboxylic acids is 2. The fourth-order valence-electron chi connectivity index (χ4n) is 1.92. The molecule has 0 aromatic rings. The van der Waals surface area contributed by atoms with Gasteiger partial charge in [0.25, 0.3) is 0 Å². The van der Waals surface area contributed by atoms with E-state index >= 15 is 0 Å². The molecule has 0 aromatic carbocycles. The third-order valence-corrected chi connectivity index (χ3v) is 2.63. The van der Waals surface area contributed by atoms with Crippen LogP contribution < -0.4 is 5.32 Å². The van der Waals surface area contributed by atoms with E-state index in [0.717, 1.165) is 0 Å². The molecule has 0 heterocycles. The predicted octanol–water partition coefficient (Wildman–Crippen LogP) is 2.36. The SMILES string of the molecule is CC(C)(C)NCCN(CC(=O)OC(C)(C)C)CC(=O)OC(C)(C)C. The van der Waals surface area contributed by atoms with Crippen molar-refractivity contribution in [3.63, 3.8) is 0 Å². The molecule has 0 amide bonds. The molecular weight excluding hydrogens is 308 g/mol. The van der Waals surface area contributed by atoms with Crippen molar-refractivity contribution in [2.45, 2.75) is 79.1 Å². The summed E-state index contributed by atoms with van der Waals surface area (Å²) in [5, 5.41) is 3.35. The maximum absolute atomic E-state index is 12.1. The summed E-state index contributed by atoms with van der Waals surface area (Å²) in [5.41, 5.74) is -1.11. The second-order valence-electron chi connectivity index (χ2n) is 9.06. The number of nitrogens with zero attached hydrogens (tertiary/aromatic N) is 1. The number of ether oxygens (including phenoxy) is 2. The molecule has 0 rings (SSSR count). The smallest absolute Gasteiger partial charge is 0.320 e. The van der Waals surface area contributed by atoms with E-state index in [2.05, 4.69) is 26.1 Å². The first-order valence-electron chi connectivity index (χ1n) is 8.48. The van der Waals surface area contributed by atoms with Crippen molar-refractivity contribution in [2.24, 2.45) is 0 Å². The first kappa shape index (κ1) is 22.9. The van der Waals surface area contributed by atoms with Gasteiger partial charge in [0.15, 0.2) is 0 Å². The Labute approximate surface area is 147 Å². The van der Waals surface area contributed by atoms with E-state index in [1.165, 1.54) is 0 Å². The van der Waals surface area contributed by atoms with Crippen molar-refractivity contribution in [1.29, 1.82) is 0 Å². The lowest BCUT2D eigenvalue weighted by molar-refractivity contribution is -0.159. The molecule has 0 bridgehead atoms. The molecule has 0 aromatic heterocycles. The van der Waals surface area contributed by atoms with Gasteiger partial charge in [0.1, 0.15) is 11.2 Å². The maximum atomic E-state index is 12.1. The Bertz CT molecular complexity index is 384. The topological polar surface area (TPSA) is 67.9 Å². The summed E-state index contributed by atoms with van der Waals surface area (Å²) in [5.74, 6) is -0.691. The molecular formula is C18H36N2O4. The summed E-state index contributed by atoms with van der Waals surface area (Å²) < 4.78 is 10.7. The van der Waals surface area contributed by atoms with Crippen LogP contribution >= 0.6 is 0 Å². The molecule has 0 spiro atoms. The van der Waals surface area contributed by atoms with E-state index in [1.54, 1.807) is 4.90 Å². The summed E-state index contributed by atoms with van der Waals surface area (Å²) in [6, 6.07) is 0. The highest BCUT2D eigenvalue weighted by Crippen LogP contribution is 2.09. The molecule has 142 valence electrons. The summed E-state index contributed by atoms with van der Waals surface area (Å²) >= 11 is 0. The number of rotatable bonds is 7. The molecule has 6 nitrogen and oxygen atoms in total. The predicted molar refractivity (Wildman–Crippen MR) is 95.9 cm³/mol. The average molecular weight is 344 g/mol. The van der Waals surface area contributed by atoms with Gasteiger partial charge >= 0.3 is 11.9 Å². The minimum atomic E-state index is -0.543. The Kier molecular flexibility index (Phi) is 8.39. The van der Waals surface area contributed by atoms with Crippen LogP contribution in [0.2, 0.25) is 0 Å². The van der Waals surface area contributed by atoms with Crippen molar-refractivity contribution in [2.75, 3.05) is 26.2 Å². The van der Waals surface area contributed by atoms with Crippen molar-refractivity contribution < 1.29 is 19.1 Å². The van der Waals surface area contributed by atoms with E-state index in [0.29, 0.717) is 13.1 Å². The van der Waals surface area contributed by atoms with Crippen molar-refractivity contribution in [3.05, 3.63) is 0 Å². The van der Waals surface area contributed by atoms with Crippen LogP contribution in [0, 0.1) is 0 Å². The fraction of sp³-hybridized carbons (Fsp3) is 0.889. The van der Waals surface area contributed by atoms with Crippen molar-refractivity contribution >= 4 is 11.9 Å². The summed E-state index contributed by atoms with van der Waals surface area (Å²) in [7, 11) is 0. The summed E-state index contributed by atoms with van der Waals surface area (Å²) in [6.07, 6.45) is 0. The second kappa shape index (κ2) is 8.81. The van der Waals surface area contributed by atoms with Crippen LogP contribution in [0.4, 0.5) is 0 Å². The number of hydrogen-bond donors (Lipinski definition) is 1. The summed E-state index contributed by atoms with van der Waals surface area (Å²) in [6.45, 7) is 18.5. The molecule has 0 aliphatic heterocycles. The molecule has 6 heteroatoms. The number of esters is 2. The lowest BCUT2D eigenvalue weighted by Gasteiger charge is -2.28. The van der Waals surface area contributed by atoms with Gasteiger partial charge in [-0.1, -0.05) is 0 Å². The normalized spacial score (nSPS) is 13.1. The standard InChI is InChI=1S/C18H36N2O4/c1-16(2,3)19-10-11-20(12-14(21)23-17(4,5)6)13-15(22)24-18(7,8)9/h19H,10-13H2,1-9H3. The highest BCUT2D eigenvalue weighted by Gasteiger charge is 2.23. The quantitative estimate of drug-likeness (QED) is 0.715. The molecule has 24 heavy (non-hydrogen) atoms. The monoisotopic (exact) mass is 344 g/mol. The first-order chi connectivity index (χ1) is 10.6. The van der Waals surface area contributed by atoms with Gasteiger partial charge in [-0.3, -0.25) is 14.5 Å². The van der Waals surface area contributed by atoms with Crippen LogP contribution in [0.5, 0.6) is 0 Å². The number of hydrogen-bond acceptors (Lipinski definition) is 6.